The number of rotatable bonds is 6. The quantitative estimate of drug-likeness (QED) is 0.783. The molecule has 1 rings (SSSR count). The Labute approximate surface area is 97.9 Å². The summed E-state index contributed by atoms with van der Waals surface area (Å²) < 4.78 is 13.0. The first-order chi connectivity index (χ1) is 7.63. The molecular weight excluding hydrogens is 201 g/mol. The Hall–Kier alpha value is -0.890. The van der Waals surface area contributed by atoms with Gasteiger partial charge in [-0.05, 0) is 55.9 Å². The van der Waals surface area contributed by atoms with E-state index < -0.39 is 0 Å². The largest absolute Gasteiger partial charge is 0.328 e. The molecule has 0 bridgehead atoms. The van der Waals surface area contributed by atoms with Crippen LogP contribution < -0.4 is 5.73 Å². The van der Waals surface area contributed by atoms with Crippen LogP contribution in [0.5, 0.6) is 0 Å². The SMILES string of the molecule is CCCC(N)CCCc1cc(F)ccc1C. The molecule has 0 saturated carbocycles. The molecule has 0 aliphatic rings. The van der Waals surface area contributed by atoms with Crippen molar-refractivity contribution in [1.82, 2.24) is 0 Å². The Morgan fingerprint density at radius 3 is 2.75 bits per heavy atom. The molecule has 0 fully saturated rings. The summed E-state index contributed by atoms with van der Waals surface area (Å²) >= 11 is 0. The van der Waals surface area contributed by atoms with Gasteiger partial charge in [0.2, 0.25) is 0 Å². The van der Waals surface area contributed by atoms with Gasteiger partial charge in [-0.25, -0.2) is 4.39 Å². The normalized spacial score (nSPS) is 12.8. The molecule has 0 aliphatic carbocycles. The van der Waals surface area contributed by atoms with Crippen molar-refractivity contribution in [3.05, 3.63) is 35.1 Å². The summed E-state index contributed by atoms with van der Waals surface area (Å²) in [5.41, 5.74) is 8.23. The highest BCUT2D eigenvalue weighted by Crippen LogP contribution is 2.14. The third kappa shape index (κ3) is 4.31. The van der Waals surface area contributed by atoms with Gasteiger partial charge in [-0.2, -0.15) is 0 Å². The molecule has 1 aromatic rings. The molecule has 1 unspecified atom stereocenters. The van der Waals surface area contributed by atoms with E-state index in [9.17, 15) is 4.39 Å². The first kappa shape index (κ1) is 13.2. The Morgan fingerprint density at radius 2 is 2.06 bits per heavy atom. The first-order valence-corrected chi connectivity index (χ1v) is 6.14. The predicted octanol–water partition coefficient (Wildman–Crippen LogP) is 3.58. The van der Waals surface area contributed by atoms with Crippen LogP contribution in [-0.4, -0.2) is 6.04 Å². The van der Waals surface area contributed by atoms with Gasteiger partial charge in [-0.1, -0.05) is 19.4 Å². The van der Waals surface area contributed by atoms with E-state index in [4.69, 9.17) is 5.73 Å². The van der Waals surface area contributed by atoms with Gasteiger partial charge in [0, 0.05) is 6.04 Å². The molecule has 0 aliphatic heterocycles. The second-order valence-corrected chi connectivity index (χ2v) is 4.51. The molecule has 0 heterocycles. The Kier molecular flexibility index (Phi) is 5.47. The van der Waals surface area contributed by atoms with Gasteiger partial charge in [0.25, 0.3) is 0 Å². The van der Waals surface area contributed by atoms with Crippen LogP contribution in [0, 0.1) is 12.7 Å². The van der Waals surface area contributed by atoms with Crippen molar-refractivity contribution in [3.63, 3.8) is 0 Å². The fourth-order valence-corrected chi connectivity index (χ4v) is 1.98. The van der Waals surface area contributed by atoms with E-state index in [0.717, 1.165) is 37.7 Å². The zero-order chi connectivity index (χ0) is 12.0. The van der Waals surface area contributed by atoms with Crippen LogP contribution in [0.4, 0.5) is 4.39 Å². The Balaban J connectivity index is 2.39. The molecule has 0 radical (unpaired) electrons. The van der Waals surface area contributed by atoms with Gasteiger partial charge < -0.3 is 5.73 Å². The van der Waals surface area contributed by atoms with Crippen molar-refractivity contribution in [2.75, 3.05) is 0 Å². The van der Waals surface area contributed by atoms with E-state index in [1.807, 2.05) is 13.0 Å². The highest BCUT2D eigenvalue weighted by atomic mass is 19.1. The molecule has 16 heavy (non-hydrogen) atoms. The van der Waals surface area contributed by atoms with Crippen molar-refractivity contribution < 1.29 is 4.39 Å². The second-order valence-electron chi connectivity index (χ2n) is 4.51. The number of benzene rings is 1. The molecule has 1 nitrogen and oxygen atoms in total. The molecule has 1 atom stereocenters. The van der Waals surface area contributed by atoms with Gasteiger partial charge in [0.15, 0.2) is 0 Å². The maximum absolute atomic E-state index is 13.0. The lowest BCUT2D eigenvalue weighted by atomic mass is 9.99. The van der Waals surface area contributed by atoms with Crippen molar-refractivity contribution in [3.8, 4) is 0 Å². The van der Waals surface area contributed by atoms with Gasteiger partial charge in [-0.3, -0.25) is 0 Å². The summed E-state index contributed by atoms with van der Waals surface area (Å²) in [7, 11) is 0. The molecule has 0 amide bonds. The van der Waals surface area contributed by atoms with Crippen LogP contribution in [0.25, 0.3) is 0 Å². The average molecular weight is 223 g/mol. The summed E-state index contributed by atoms with van der Waals surface area (Å²) in [5.74, 6) is -0.140. The van der Waals surface area contributed by atoms with Crippen LogP contribution in [0.15, 0.2) is 18.2 Å². The van der Waals surface area contributed by atoms with Gasteiger partial charge >= 0.3 is 0 Å². The topological polar surface area (TPSA) is 26.0 Å². The standard InChI is InChI=1S/C14H22FN/c1-3-5-14(16)7-4-6-12-10-13(15)9-8-11(12)2/h8-10,14H,3-7,16H2,1-2H3. The van der Waals surface area contributed by atoms with Crippen molar-refractivity contribution in [1.29, 1.82) is 0 Å². The summed E-state index contributed by atoms with van der Waals surface area (Å²) in [6, 6.07) is 5.30. The van der Waals surface area contributed by atoms with Crippen LogP contribution in [-0.2, 0) is 6.42 Å². The highest BCUT2D eigenvalue weighted by Gasteiger charge is 2.03. The molecule has 2 heteroatoms. The lowest BCUT2D eigenvalue weighted by Gasteiger charge is -2.10. The van der Waals surface area contributed by atoms with Crippen molar-refractivity contribution >= 4 is 0 Å². The summed E-state index contributed by atoms with van der Waals surface area (Å²) in [5, 5.41) is 0. The van der Waals surface area contributed by atoms with Crippen LogP contribution >= 0.6 is 0 Å². The average Bonchev–Trinajstić information content (AvgIpc) is 2.23. The molecule has 0 saturated heterocycles. The molecule has 0 spiro atoms. The molecule has 90 valence electrons. The third-order valence-corrected chi connectivity index (χ3v) is 2.99. The van der Waals surface area contributed by atoms with Crippen LogP contribution in [0.2, 0.25) is 0 Å². The Bertz CT molecular complexity index is 323. The minimum absolute atomic E-state index is 0.140. The fraction of sp³-hybridized carbons (Fsp3) is 0.571. The zero-order valence-corrected chi connectivity index (χ0v) is 10.3. The third-order valence-electron chi connectivity index (χ3n) is 2.99. The zero-order valence-electron chi connectivity index (χ0n) is 10.3. The van der Waals surface area contributed by atoms with E-state index in [0.29, 0.717) is 6.04 Å². The number of nitrogens with two attached hydrogens (primary N) is 1. The van der Waals surface area contributed by atoms with Crippen LogP contribution in [0.1, 0.15) is 43.7 Å². The minimum Gasteiger partial charge on any atom is -0.328 e. The summed E-state index contributed by atoms with van der Waals surface area (Å²) in [4.78, 5) is 0. The highest BCUT2D eigenvalue weighted by molar-refractivity contribution is 5.26. The number of hydrogen-bond donors (Lipinski definition) is 1. The van der Waals surface area contributed by atoms with Crippen LogP contribution in [0.3, 0.4) is 0 Å². The predicted molar refractivity (Wildman–Crippen MR) is 67.0 cm³/mol. The maximum atomic E-state index is 13.0. The fourth-order valence-electron chi connectivity index (χ4n) is 1.98. The number of halogens is 1. The van der Waals surface area contributed by atoms with E-state index in [2.05, 4.69) is 6.92 Å². The second kappa shape index (κ2) is 6.64. The lowest BCUT2D eigenvalue weighted by molar-refractivity contribution is 0.538. The van der Waals surface area contributed by atoms with Crippen molar-refractivity contribution in [2.24, 2.45) is 5.73 Å². The van der Waals surface area contributed by atoms with E-state index in [1.54, 1.807) is 6.07 Å². The smallest absolute Gasteiger partial charge is 0.123 e. The number of hydrogen-bond acceptors (Lipinski definition) is 1. The number of aryl methyl sites for hydroxylation is 2. The lowest BCUT2D eigenvalue weighted by Crippen LogP contribution is -2.19. The first-order valence-electron chi connectivity index (χ1n) is 6.14. The van der Waals surface area contributed by atoms with Gasteiger partial charge in [0.1, 0.15) is 5.82 Å². The molecule has 0 aromatic heterocycles. The summed E-state index contributed by atoms with van der Waals surface area (Å²) in [6.07, 6.45) is 5.23. The Morgan fingerprint density at radius 1 is 1.31 bits per heavy atom. The van der Waals surface area contributed by atoms with E-state index in [-0.39, 0.29) is 5.82 Å². The molecule has 1 aromatic carbocycles. The monoisotopic (exact) mass is 223 g/mol. The molecular formula is C14H22FN. The van der Waals surface area contributed by atoms with Crippen molar-refractivity contribution in [2.45, 2.75) is 52.0 Å². The summed E-state index contributed by atoms with van der Waals surface area (Å²) in [6.45, 7) is 4.18. The van der Waals surface area contributed by atoms with E-state index >= 15 is 0 Å². The van der Waals surface area contributed by atoms with E-state index in [1.165, 1.54) is 11.6 Å². The minimum atomic E-state index is -0.140. The van der Waals surface area contributed by atoms with Gasteiger partial charge in [-0.15, -0.1) is 0 Å². The maximum Gasteiger partial charge on any atom is 0.123 e. The molecule has 2 N–H and O–H groups in total. The van der Waals surface area contributed by atoms with Gasteiger partial charge in [0.05, 0.1) is 0 Å².